The first kappa shape index (κ1) is 7.55. The largest absolute Gasteiger partial charge is 0.388 e. The second-order valence-electron chi connectivity index (χ2n) is 2.69. The smallest absolute Gasteiger partial charge is 0.0783 e. The van der Waals surface area contributed by atoms with Crippen molar-refractivity contribution < 1.29 is 5.11 Å². The summed E-state index contributed by atoms with van der Waals surface area (Å²) in [5.74, 6) is 0.356. The summed E-state index contributed by atoms with van der Waals surface area (Å²) in [5, 5.41) is 9.36. The van der Waals surface area contributed by atoms with Gasteiger partial charge in [-0.05, 0) is 19.8 Å². The van der Waals surface area contributed by atoms with Crippen molar-refractivity contribution >= 4 is 0 Å². The zero-order valence-electron chi connectivity index (χ0n) is 6.33. The molecule has 1 nitrogen and oxygen atoms in total. The fraction of sp³-hybridized carbons (Fsp3) is 0.556. The molecule has 0 spiro atoms. The van der Waals surface area contributed by atoms with Crippen LogP contribution >= 0.6 is 0 Å². The van der Waals surface area contributed by atoms with Crippen molar-refractivity contribution in [3.05, 3.63) is 24.3 Å². The molecule has 56 valence electrons. The minimum Gasteiger partial charge on any atom is -0.388 e. The fourth-order valence-electron chi connectivity index (χ4n) is 1.30. The molecule has 0 fully saturated rings. The third-order valence-corrected chi connectivity index (χ3v) is 1.88. The summed E-state index contributed by atoms with van der Waals surface area (Å²) >= 11 is 0. The summed E-state index contributed by atoms with van der Waals surface area (Å²) in [7, 11) is 0. The van der Waals surface area contributed by atoms with E-state index in [1.165, 1.54) is 0 Å². The molecule has 0 aromatic carbocycles. The molecular formula is C9H14O. The van der Waals surface area contributed by atoms with Crippen LogP contribution in [0.15, 0.2) is 24.3 Å². The summed E-state index contributed by atoms with van der Waals surface area (Å²) in [6, 6.07) is 0. The van der Waals surface area contributed by atoms with Gasteiger partial charge in [0.25, 0.3) is 0 Å². The van der Waals surface area contributed by atoms with Crippen LogP contribution in [0.25, 0.3) is 0 Å². The van der Waals surface area contributed by atoms with Crippen LogP contribution in [-0.4, -0.2) is 11.2 Å². The first-order chi connectivity index (χ1) is 4.84. The molecule has 1 aliphatic rings. The summed E-state index contributed by atoms with van der Waals surface area (Å²) in [5.41, 5.74) is 0. The van der Waals surface area contributed by atoms with Crippen molar-refractivity contribution in [2.75, 3.05) is 0 Å². The second-order valence-corrected chi connectivity index (χ2v) is 2.69. The van der Waals surface area contributed by atoms with Gasteiger partial charge in [-0.15, -0.1) is 0 Å². The Bertz CT molecular complexity index is 147. The van der Waals surface area contributed by atoms with Crippen molar-refractivity contribution in [2.45, 2.75) is 25.9 Å². The van der Waals surface area contributed by atoms with E-state index >= 15 is 0 Å². The molecule has 1 heteroatoms. The van der Waals surface area contributed by atoms with Crippen molar-refractivity contribution in [3.63, 3.8) is 0 Å². The van der Waals surface area contributed by atoms with Gasteiger partial charge in [0, 0.05) is 5.92 Å². The summed E-state index contributed by atoms with van der Waals surface area (Å²) < 4.78 is 0. The predicted octanol–water partition coefficient (Wildman–Crippen LogP) is 1.89. The second kappa shape index (κ2) is 3.57. The Morgan fingerprint density at radius 2 is 2.40 bits per heavy atom. The van der Waals surface area contributed by atoms with Crippen LogP contribution in [0, 0.1) is 5.92 Å². The molecular weight excluding hydrogens is 124 g/mol. The van der Waals surface area contributed by atoms with Gasteiger partial charge in [0.1, 0.15) is 0 Å². The Balaban J connectivity index is 2.52. The van der Waals surface area contributed by atoms with Gasteiger partial charge in [-0.3, -0.25) is 0 Å². The van der Waals surface area contributed by atoms with E-state index in [9.17, 15) is 5.11 Å². The van der Waals surface area contributed by atoms with E-state index in [2.05, 4.69) is 6.08 Å². The van der Waals surface area contributed by atoms with Gasteiger partial charge in [0.2, 0.25) is 0 Å². The van der Waals surface area contributed by atoms with E-state index in [0.29, 0.717) is 5.92 Å². The van der Waals surface area contributed by atoms with Crippen molar-refractivity contribution in [1.82, 2.24) is 0 Å². The summed E-state index contributed by atoms with van der Waals surface area (Å²) in [6.07, 6.45) is 9.96. The lowest BCUT2D eigenvalue weighted by atomic mass is 9.91. The molecule has 0 bridgehead atoms. The lowest BCUT2D eigenvalue weighted by Crippen LogP contribution is -2.18. The molecule has 0 heterocycles. The monoisotopic (exact) mass is 138 g/mol. The number of allylic oxidation sites excluding steroid dienone is 2. The Morgan fingerprint density at radius 3 is 3.00 bits per heavy atom. The van der Waals surface area contributed by atoms with Crippen LogP contribution in [-0.2, 0) is 0 Å². The Kier molecular flexibility index (Phi) is 2.69. The number of hydrogen-bond donors (Lipinski definition) is 1. The molecule has 0 aromatic heterocycles. The highest BCUT2D eigenvalue weighted by Gasteiger charge is 2.15. The molecule has 1 aliphatic carbocycles. The van der Waals surface area contributed by atoms with Gasteiger partial charge in [0.15, 0.2) is 0 Å². The average Bonchev–Trinajstić information content (AvgIpc) is 1.94. The summed E-state index contributed by atoms with van der Waals surface area (Å²) in [4.78, 5) is 0. The molecule has 0 radical (unpaired) electrons. The number of aliphatic hydroxyl groups excluding tert-OH is 1. The standard InChI is InChI=1S/C9H14O/c1-2-5-8-6-3-4-7-9(8)10/h2,4-5,7-10H,3,6H2,1H3/b5-2+. The average molecular weight is 138 g/mol. The maximum absolute atomic E-state index is 9.36. The molecule has 0 saturated heterocycles. The van der Waals surface area contributed by atoms with Gasteiger partial charge in [-0.2, -0.15) is 0 Å². The molecule has 2 unspecified atom stereocenters. The summed E-state index contributed by atoms with van der Waals surface area (Å²) in [6.45, 7) is 1.99. The van der Waals surface area contributed by atoms with Crippen molar-refractivity contribution in [2.24, 2.45) is 5.92 Å². The van der Waals surface area contributed by atoms with E-state index in [0.717, 1.165) is 12.8 Å². The Hall–Kier alpha value is -0.560. The van der Waals surface area contributed by atoms with Crippen LogP contribution in [0.5, 0.6) is 0 Å². The first-order valence-corrected chi connectivity index (χ1v) is 3.82. The van der Waals surface area contributed by atoms with E-state index < -0.39 is 0 Å². The highest BCUT2D eigenvalue weighted by molar-refractivity contribution is 5.03. The molecule has 0 saturated carbocycles. The maximum Gasteiger partial charge on any atom is 0.0783 e. The van der Waals surface area contributed by atoms with Gasteiger partial charge < -0.3 is 5.11 Å². The molecule has 0 amide bonds. The predicted molar refractivity (Wildman–Crippen MR) is 42.7 cm³/mol. The lowest BCUT2D eigenvalue weighted by Gasteiger charge is -2.19. The molecule has 1 rings (SSSR count). The van der Waals surface area contributed by atoms with Crippen LogP contribution in [0.2, 0.25) is 0 Å². The molecule has 2 atom stereocenters. The Labute approximate surface area is 62.1 Å². The molecule has 0 aromatic rings. The van der Waals surface area contributed by atoms with Crippen LogP contribution in [0.4, 0.5) is 0 Å². The van der Waals surface area contributed by atoms with Crippen molar-refractivity contribution in [3.8, 4) is 0 Å². The minimum atomic E-state index is -0.245. The third-order valence-electron chi connectivity index (χ3n) is 1.88. The zero-order chi connectivity index (χ0) is 7.40. The minimum absolute atomic E-state index is 0.245. The zero-order valence-corrected chi connectivity index (χ0v) is 6.33. The molecule has 0 aliphatic heterocycles. The van der Waals surface area contributed by atoms with E-state index in [-0.39, 0.29) is 6.10 Å². The first-order valence-electron chi connectivity index (χ1n) is 3.82. The third kappa shape index (κ3) is 1.71. The highest BCUT2D eigenvalue weighted by Crippen LogP contribution is 2.19. The number of hydrogen-bond acceptors (Lipinski definition) is 1. The van der Waals surface area contributed by atoms with Gasteiger partial charge in [0.05, 0.1) is 6.10 Å². The number of rotatable bonds is 1. The van der Waals surface area contributed by atoms with Gasteiger partial charge in [-0.1, -0.05) is 24.3 Å². The SMILES string of the molecule is C/C=C/C1CCC=CC1O. The highest BCUT2D eigenvalue weighted by atomic mass is 16.3. The topological polar surface area (TPSA) is 20.2 Å². The van der Waals surface area contributed by atoms with E-state index in [1.54, 1.807) is 0 Å². The Morgan fingerprint density at radius 1 is 1.60 bits per heavy atom. The van der Waals surface area contributed by atoms with Gasteiger partial charge >= 0.3 is 0 Å². The van der Waals surface area contributed by atoms with Crippen LogP contribution < -0.4 is 0 Å². The van der Waals surface area contributed by atoms with Crippen LogP contribution in [0.1, 0.15) is 19.8 Å². The fourth-order valence-corrected chi connectivity index (χ4v) is 1.30. The van der Waals surface area contributed by atoms with Crippen molar-refractivity contribution in [1.29, 1.82) is 0 Å². The maximum atomic E-state index is 9.36. The quantitative estimate of drug-likeness (QED) is 0.548. The lowest BCUT2D eigenvalue weighted by molar-refractivity contribution is 0.165. The normalized spacial score (nSPS) is 33.4. The van der Waals surface area contributed by atoms with E-state index in [4.69, 9.17) is 0 Å². The van der Waals surface area contributed by atoms with E-state index in [1.807, 2.05) is 25.2 Å². The molecule has 1 N–H and O–H groups in total. The molecule has 10 heavy (non-hydrogen) atoms. The van der Waals surface area contributed by atoms with Crippen LogP contribution in [0.3, 0.4) is 0 Å². The van der Waals surface area contributed by atoms with Gasteiger partial charge in [-0.25, -0.2) is 0 Å². The number of aliphatic hydroxyl groups is 1.